The van der Waals surface area contributed by atoms with E-state index in [0.717, 1.165) is 31.6 Å². The van der Waals surface area contributed by atoms with Crippen molar-refractivity contribution in [3.8, 4) is 11.4 Å². The van der Waals surface area contributed by atoms with Crippen LogP contribution in [0.2, 0.25) is 5.02 Å². The van der Waals surface area contributed by atoms with Crippen molar-refractivity contribution >= 4 is 17.5 Å². The van der Waals surface area contributed by atoms with Gasteiger partial charge in [0.05, 0.1) is 13.2 Å². The number of benzene rings is 1. The van der Waals surface area contributed by atoms with Gasteiger partial charge >= 0.3 is 0 Å². The van der Waals surface area contributed by atoms with Gasteiger partial charge in [0.2, 0.25) is 11.7 Å². The summed E-state index contributed by atoms with van der Waals surface area (Å²) in [6.45, 7) is 4.71. The first-order valence-electron chi connectivity index (χ1n) is 9.52. The normalized spacial score (nSPS) is 20.1. The van der Waals surface area contributed by atoms with E-state index in [9.17, 15) is 4.79 Å². The summed E-state index contributed by atoms with van der Waals surface area (Å²) in [5, 5.41) is 13.4. The fourth-order valence-electron chi connectivity index (χ4n) is 3.88. The molecule has 1 saturated heterocycles. The molecule has 0 bridgehead atoms. The second-order valence-corrected chi connectivity index (χ2v) is 7.97. The van der Waals surface area contributed by atoms with E-state index in [1.165, 1.54) is 11.2 Å². The van der Waals surface area contributed by atoms with Gasteiger partial charge in [-0.15, -0.1) is 10.2 Å². The van der Waals surface area contributed by atoms with Crippen molar-refractivity contribution in [1.82, 2.24) is 25.1 Å². The van der Waals surface area contributed by atoms with Crippen molar-refractivity contribution in [2.75, 3.05) is 26.3 Å². The minimum Gasteiger partial charge on any atom is -0.379 e. The molecule has 7 nitrogen and oxygen atoms in total. The highest BCUT2D eigenvalue weighted by atomic mass is 35.5. The standard InChI is InChI=1S/C19H24ClN5O2/c1-2-16(18(26)24-10-11-27-13-19(12-24)8-3-9-19)25-22-17(21-23-25)14-4-6-15(20)7-5-14/h4-7,16H,2-3,8-13H2,1H3. The lowest BCUT2D eigenvalue weighted by Crippen LogP contribution is -2.47. The van der Waals surface area contributed by atoms with Crippen LogP contribution in [-0.2, 0) is 9.53 Å². The summed E-state index contributed by atoms with van der Waals surface area (Å²) in [5.74, 6) is 0.543. The lowest BCUT2D eigenvalue weighted by atomic mass is 9.69. The number of carbonyl (C=O) groups is 1. The van der Waals surface area contributed by atoms with Crippen molar-refractivity contribution in [3.05, 3.63) is 29.3 Å². The van der Waals surface area contributed by atoms with Gasteiger partial charge in [-0.05, 0) is 48.7 Å². The summed E-state index contributed by atoms with van der Waals surface area (Å²) < 4.78 is 5.77. The average Bonchev–Trinajstić information content (AvgIpc) is 3.00. The lowest BCUT2D eigenvalue weighted by molar-refractivity contribution is -0.137. The fraction of sp³-hybridized carbons (Fsp3) is 0.579. The molecule has 1 amide bonds. The monoisotopic (exact) mass is 389 g/mol. The van der Waals surface area contributed by atoms with Crippen molar-refractivity contribution in [2.24, 2.45) is 5.41 Å². The van der Waals surface area contributed by atoms with Gasteiger partial charge < -0.3 is 9.64 Å². The largest absolute Gasteiger partial charge is 0.379 e. The van der Waals surface area contributed by atoms with Gasteiger partial charge in [-0.2, -0.15) is 4.80 Å². The predicted molar refractivity (Wildman–Crippen MR) is 101 cm³/mol. The number of hydrogen-bond donors (Lipinski definition) is 0. The number of ether oxygens (including phenoxy) is 1. The van der Waals surface area contributed by atoms with E-state index >= 15 is 0 Å². The van der Waals surface area contributed by atoms with Crippen LogP contribution in [0.1, 0.15) is 38.6 Å². The average molecular weight is 390 g/mol. The number of aromatic nitrogens is 4. The quantitative estimate of drug-likeness (QED) is 0.803. The number of amides is 1. The van der Waals surface area contributed by atoms with Crippen molar-refractivity contribution in [1.29, 1.82) is 0 Å². The van der Waals surface area contributed by atoms with Gasteiger partial charge in [0, 0.05) is 29.1 Å². The maximum Gasteiger partial charge on any atom is 0.249 e. The van der Waals surface area contributed by atoms with E-state index in [1.807, 2.05) is 24.0 Å². The molecule has 1 aromatic carbocycles. The molecule has 144 valence electrons. The molecule has 1 spiro atoms. The highest BCUT2D eigenvalue weighted by Gasteiger charge is 2.42. The Bertz CT molecular complexity index is 803. The molecule has 0 N–H and O–H groups in total. The first kappa shape index (κ1) is 18.4. The third-order valence-corrected chi connectivity index (χ3v) is 5.90. The van der Waals surface area contributed by atoms with E-state index in [2.05, 4.69) is 15.4 Å². The van der Waals surface area contributed by atoms with Crippen LogP contribution in [-0.4, -0.2) is 57.3 Å². The molecule has 1 atom stereocenters. The highest BCUT2D eigenvalue weighted by Crippen LogP contribution is 2.43. The van der Waals surface area contributed by atoms with Crippen LogP contribution < -0.4 is 0 Å². The molecule has 1 aromatic heterocycles. The molecule has 0 radical (unpaired) electrons. The molecule has 2 aliphatic rings. The molecule has 1 unspecified atom stereocenters. The Labute approximate surface area is 163 Å². The van der Waals surface area contributed by atoms with Crippen LogP contribution in [0.3, 0.4) is 0 Å². The van der Waals surface area contributed by atoms with Crippen LogP contribution in [0.5, 0.6) is 0 Å². The Kier molecular flexibility index (Phi) is 5.14. The van der Waals surface area contributed by atoms with Gasteiger partial charge in [0.15, 0.2) is 6.04 Å². The van der Waals surface area contributed by atoms with E-state index in [-0.39, 0.29) is 11.3 Å². The summed E-state index contributed by atoms with van der Waals surface area (Å²) >= 11 is 5.94. The number of nitrogens with zero attached hydrogens (tertiary/aromatic N) is 5. The summed E-state index contributed by atoms with van der Waals surface area (Å²) in [7, 11) is 0. The zero-order valence-electron chi connectivity index (χ0n) is 15.5. The Morgan fingerprint density at radius 3 is 2.78 bits per heavy atom. The summed E-state index contributed by atoms with van der Waals surface area (Å²) in [6, 6.07) is 6.82. The molecule has 4 rings (SSSR count). The number of tetrazole rings is 1. The van der Waals surface area contributed by atoms with Gasteiger partial charge in [-0.1, -0.05) is 24.9 Å². The topological polar surface area (TPSA) is 73.1 Å². The highest BCUT2D eigenvalue weighted by molar-refractivity contribution is 6.30. The first-order valence-corrected chi connectivity index (χ1v) is 9.90. The molecule has 2 aromatic rings. The third kappa shape index (κ3) is 3.71. The van der Waals surface area contributed by atoms with Crippen molar-refractivity contribution < 1.29 is 9.53 Å². The van der Waals surface area contributed by atoms with E-state index in [4.69, 9.17) is 16.3 Å². The maximum atomic E-state index is 13.2. The van der Waals surface area contributed by atoms with E-state index in [1.54, 1.807) is 12.1 Å². The molecule has 1 aliphatic carbocycles. The Morgan fingerprint density at radius 1 is 1.33 bits per heavy atom. The maximum absolute atomic E-state index is 13.2. The van der Waals surface area contributed by atoms with Crippen LogP contribution in [0.4, 0.5) is 0 Å². The number of carbonyl (C=O) groups excluding carboxylic acids is 1. The molecule has 2 heterocycles. The molecule has 1 saturated carbocycles. The van der Waals surface area contributed by atoms with E-state index < -0.39 is 6.04 Å². The van der Waals surface area contributed by atoms with Gasteiger partial charge in [-0.25, -0.2) is 0 Å². The molecule has 27 heavy (non-hydrogen) atoms. The zero-order chi connectivity index (χ0) is 18.9. The van der Waals surface area contributed by atoms with Crippen molar-refractivity contribution in [2.45, 2.75) is 38.6 Å². The number of rotatable bonds is 4. The minimum absolute atomic E-state index is 0.0503. The third-order valence-electron chi connectivity index (χ3n) is 5.65. The molecular formula is C19H24ClN5O2. The molecular weight excluding hydrogens is 366 g/mol. The van der Waals surface area contributed by atoms with Crippen LogP contribution in [0.25, 0.3) is 11.4 Å². The second-order valence-electron chi connectivity index (χ2n) is 7.53. The van der Waals surface area contributed by atoms with E-state index in [0.29, 0.717) is 30.4 Å². The van der Waals surface area contributed by atoms with Crippen LogP contribution in [0.15, 0.2) is 24.3 Å². The number of hydrogen-bond acceptors (Lipinski definition) is 5. The molecule has 2 fully saturated rings. The first-order chi connectivity index (χ1) is 13.1. The zero-order valence-corrected chi connectivity index (χ0v) is 16.2. The summed E-state index contributed by atoms with van der Waals surface area (Å²) in [5.41, 5.74) is 0.971. The van der Waals surface area contributed by atoms with Crippen LogP contribution >= 0.6 is 11.6 Å². The van der Waals surface area contributed by atoms with Gasteiger partial charge in [-0.3, -0.25) is 4.79 Å². The predicted octanol–water partition coefficient (Wildman–Crippen LogP) is 2.97. The SMILES string of the molecule is CCC(C(=O)N1CCOCC2(CCC2)C1)n1nnc(-c2ccc(Cl)cc2)n1. The molecule has 8 heteroatoms. The Morgan fingerprint density at radius 2 is 2.11 bits per heavy atom. The fourth-order valence-corrected chi connectivity index (χ4v) is 4.01. The van der Waals surface area contributed by atoms with Gasteiger partial charge in [0.25, 0.3) is 0 Å². The van der Waals surface area contributed by atoms with Crippen LogP contribution in [0, 0.1) is 5.41 Å². The second kappa shape index (κ2) is 7.56. The Balaban J connectivity index is 1.52. The van der Waals surface area contributed by atoms with Crippen molar-refractivity contribution in [3.63, 3.8) is 0 Å². The number of halogens is 1. The smallest absolute Gasteiger partial charge is 0.249 e. The minimum atomic E-state index is -0.450. The summed E-state index contributed by atoms with van der Waals surface area (Å²) in [4.78, 5) is 16.6. The summed E-state index contributed by atoms with van der Waals surface area (Å²) in [6.07, 6.45) is 4.10. The lowest BCUT2D eigenvalue weighted by Gasteiger charge is -2.43. The Hall–Kier alpha value is -1.99. The molecule has 1 aliphatic heterocycles. The van der Waals surface area contributed by atoms with Gasteiger partial charge in [0.1, 0.15) is 0 Å².